The van der Waals surface area contributed by atoms with Crippen molar-refractivity contribution in [3.8, 4) is 16.9 Å². The normalized spacial score (nSPS) is 11.7. The molecule has 1 aliphatic rings. The highest BCUT2D eigenvalue weighted by molar-refractivity contribution is 6.22. The maximum atomic E-state index is 12.6. The molecule has 0 unspecified atom stereocenters. The van der Waals surface area contributed by atoms with Crippen LogP contribution in [0.25, 0.3) is 11.1 Å². The second kappa shape index (κ2) is 7.08. The Morgan fingerprint density at radius 2 is 1.59 bits per heavy atom. The zero-order valence-corrected chi connectivity index (χ0v) is 15.0. The predicted molar refractivity (Wildman–Crippen MR) is 104 cm³/mol. The molecule has 0 fully saturated rings. The van der Waals surface area contributed by atoms with Crippen LogP contribution in [0.15, 0.2) is 66.7 Å². The van der Waals surface area contributed by atoms with Crippen LogP contribution in [0.4, 0.5) is 0 Å². The van der Waals surface area contributed by atoms with Crippen LogP contribution in [0.3, 0.4) is 0 Å². The van der Waals surface area contributed by atoms with E-state index in [1.54, 1.807) is 12.1 Å². The molecule has 4 rings (SSSR count). The lowest BCUT2D eigenvalue weighted by atomic mass is 10.0. The maximum absolute atomic E-state index is 12.6. The van der Waals surface area contributed by atoms with E-state index < -0.39 is 0 Å². The van der Waals surface area contributed by atoms with Crippen molar-refractivity contribution in [3.05, 3.63) is 89.0 Å². The van der Waals surface area contributed by atoms with Gasteiger partial charge in [0, 0.05) is 16.7 Å². The molecule has 134 valence electrons. The van der Waals surface area contributed by atoms with Crippen LogP contribution in [0, 0.1) is 6.92 Å². The fourth-order valence-corrected chi connectivity index (χ4v) is 3.24. The summed E-state index contributed by atoms with van der Waals surface area (Å²) in [5.74, 6) is 0.530. The average Bonchev–Trinajstić information content (AvgIpc) is 2.99. The lowest BCUT2D eigenvalue weighted by molar-refractivity contribution is 0.0947. The van der Waals surface area contributed by atoms with Crippen molar-refractivity contribution in [2.24, 2.45) is 0 Å². The number of hydrogen-bond donors (Lipinski definition) is 1. The molecule has 0 saturated carbocycles. The second-order valence-corrected chi connectivity index (χ2v) is 6.55. The molecular weight excluding hydrogens is 338 g/mol. The van der Waals surface area contributed by atoms with E-state index in [4.69, 9.17) is 4.74 Å². The van der Waals surface area contributed by atoms with Gasteiger partial charge in [-0.05, 0) is 42.3 Å². The minimum Gasteiger partial charge on any atom is -0.492 e. The van der Waals surface area contributed by atoms with Crippen LogP contribution >= 0.6 is 0 Å². The number of carbonyl (C=O) groups is 2. The number of ketones is 1. The van der Waals surface area contributed by atoms with Gasteiger partial charge in [0.2, 0.25) is 0 Å². The van der Waals surface area contributed by atoms with Crippen LogP contribution in [-0.2, 0) is 0 Å². The Morgan fingerprint density at radius 3 is 2.37 bits per heavy atom. The molecule has 1 aliphatic carbocycles. The van der Waals surface area contributed by atoms with Gasteiger partial charge in [0.25, 0.3) is 5.91 Å². The van der Waals surface area contributed by atoms with Gasteiger partial charge in [-0.1, -0.05) is 48.0 Å². The van der Waals surface area contributed by atoms with Crippen LogP contribution in [0.5, 0.6) is 5.75 Å². The topological polar surface area (TPSA) is 55.4 Å². The molecule has 0 radical (unpaired) electrons. The highest BCUT2D eigenvalue weighted by Gasteiger charge is 2.26. The minimum absolute atomic E-state index is 0.0297. The molecule has 1 amide bonds. The molecule has 3 aromatic rings. The number of ether oxygens (including phenoxy) is 1. The van der Waals surface area contributed by atoms with Crippen molar-refractivity contribution >= 4 is 11.7 Å². The Balaban J connectivity index is 1.39. The van der Waals surface area contributed by atoms with E-state index >= 15 is 0 Å². The number of nitrogens with one attached hydrogen (secondary N) is 1. The summed E-state index contributed by atoms with van der Waals surface area (Å²) in [6.45, 7) is 2.78. The third-order valence-corrected chi connectivity index (χ3v) is 4.67. The van der Waals surface area contributed by atoms with Gasteiger partial charge in [0.05, 0.1) is 6.54 Å². The average molecular weight is 357 g/mol. The Hall–Kier alpha value is -3.40. The first-order chi connectivity index (χ1) is 13.1. The monoisotopic (exact) mass is 357 g/mol. The standard InChI is InChI=1S/C23H19NO3/c1-15-6-9-17(10-7-15)27-13-12-24-23(26)16-8-11-19-18-4-2-3-5-20(18)22(25)21(19)14-16/h2-11,14H,12-13H2,1H3,(H,24,26). The molecule has 4 nitrogen and oxygen atoms in total. The molecule has 3 aromatic carbocycles. The highest BCUT2D eigenvalue weighted by atomic mass is 16.5. The summed E-state index contributed by atoms with van der Waals surface area (Å²) in [6.07, 6.45) is 0. The SMILES string of the molecule is Cc1ccc(OCCNC(=O)c2ccc3c(c2)C(=O)c2ccccc2-3)cc1. The fourth-order valence-electron chi connectivity index (χ4n) is 3.24. The third kappa shape index (κ3) is 3.34. The Morgan fingerprint density at radius 1 is 0.889 bits per heavy atom. The molecule has 0 aliphatic heterocycles. The van der Waals surface area contributed by atoms with Crippen molar-refractivity contribution < 1.29 is 14.3 Å². The molecule has 0 saturated heterocycles. The minimum atomic E-state index is -0.214. The van der Waals surface area contributed by atoms with E-state index in [1.807, 2.05) is 61.5 Å². The molecule has 1 N–H and O–H groups in total. The lowest BCUT2D eigenvalue weighted by Gasteiger charge is -2.09. The summed E-state index contributed by atoms with van der Waals surface area (Å²) < 4.78 is 5.61. The van der Waals surface area contributed by atoms with Crippen molar-refractivity contribution in [1.29, 1.82) is 0 Å². The first kappa shape index (κ1) is 17.0. The predicted octanol–water partition coefficient (Wildman–Crippen LogP) is 4.02. The van der Waals surface area contributed by atoms with E-state index in [1.165, 1.54) is 5.56 Å². The zero-order chi connectivity index (χ0) is 18.8. The van der Waals surface area contributed by atoms with Gasteiger partial charge in [-0.25, -0.2) is 0 Å². The van der Waals surface area contributed by atoms with E-state index in [0.29, 0.717) is 29.8 Å². The first-order valence-electron chi connectivity index (χ1n) is 8.89. The maximum Gasteiger partial charge on any atom is 0.251 e. The molecular formula is C23H19NO3. The number of benzene rings is 3. The van der Waals surface area contributed by atoms with Crippen molar-refractivity contribution in [2.75, 3.05) is 13.2 Å². The van der Waals surface area contributed by atoms with E-state index in [2.05, 4.69) is 5.32 Å². The summed E-state index contributed by atoms with van der Waals surface area (Å²) in [5.41, 5.74) is 4.73. The van der Waals surface area contributed by atoms with Gasteiger partial charge in [-0.3, -0.25) is 9.59 Å². The van der Waals surface area contributed by atoms with Crippen LogP contribution in [0.1, 0.15) is 31.8 Å². The summed E-state index contributed by atoms with van der Waals surface area (Å²) in [5, 5.41) is 2.83. The van der Waals surface area contributed by atoms with Gasteiger partial charge in [0.15, 0.2) is 5.78 Å². The third-order valence-electron chi connectivity index (χ3n) is 4.67. The molecule has 0 atom stereocenters. The van der Waals surface area contributed by atoms with Gasteiger partial charge in [-0.2, -0.15) is 0 Å². The van der Waals surface area contributed by atoms with Gasteiger partial charge >= 0.3 is 0 Å². The van der Waals surface area contributed by atoms with Crippen LogP contribution < -0.4 is 10.1 Å². The van der Waals surface area contributed by atoms with Crippen LogP contribution in [0.2, 0.25) is 0 Å². The molecule has 0 aromatic heterocycles. The number of aryl methyl sites for hydroxylation is 1. The molecule has 27 heavy (non-hydrogen) atoms. The highest BCUT2D eigenvalue weighted by Crippen LogP contribution is 2.36. The van der Waals surface area contributed by atoms with Crippen LogP contribution in [-0.4, -0.2) is 24.8 Å². The zero-order valence-electron chi connectivity index (χ0n) is 15.0. The van der Waals surface area contributed by atoms with Gasteiger partial charge < -0.3 is 10.1 Å². The Labute approximate surface area is 157 Å². The number of fused-ring (bicyclic) bond motifs is 3. The molecule has 4 heteroatoms. The van der Waals surface area contributed by atoms with E-state index in [9.17, 15) is 9.59 Å². The molecule has 0 heterocycles. The number of hydrogen-bond acceptors (Lipinski definition) is 3. The lowest BCUT2D eigenvalue weighted by Crippen LogP contribution is -2.28. The smallest absolute Gasteiger partial charge is 0.251 e. The van der Waals surface area contributed by atoms with Crippen molar-refractivity contribution in [1.82, 2.24) is 5.32 Å². The Bertz CT molecular complexity index is 1020. The van der Waals surface area contributed by atoms with Gasteiger partial charge in [0.1, 0.15) is 12.4 Å². The summed E-state index contributed by atoms with van der Waals surface area (Å²) in [6, 6.07) is 20.6. The first-order valence-corrected chi connectivity index (χ1v) is 8.89. The molecule has 0 bridgehead atoms. The quantitative estimate of drug-likeness (QED) is 0.549. The van der Waals surface area contributed by atoms with Crippen molar-refractivity contribution in [3.63, 3.8) is 0 Å². The van der Waals surface area contributed by atoms with E-state index in [-0.39, 0.29) is 11.7 Å². The van der Waals surface area contributed by atoms with Crippen molar-refractivity contribution in [2.45, 2.75) is 6.92 Å². The van der Waals surface area contributed by atoms with Gasteiger partial charge in [-0.15, -0.1) is 0 Å². The Kier molecular flexibility index (Phi) is 4.47. The summed E-state index contributed by atoms with van der Waals surface area (Å²) in [4.78, 5) is 25.0. The second-order valence-electron chi connectivity index (χ2n) is 6.55. The summed E-state index contributed by atoms with van der Waals surface area (Å²) in [7, 11) is 0. The summed E-state index contributed by atoms with van der Waals surface area (Å²) >= 11 is 0. The number of carbonyl (C=O) groups excluding carboxylic acids is 2. The fraction of sp³-hybridized carbons (Fsp3) is 0.130. The van der Waals surface area contributed by atoms with E-state index in [0.717, 1.165) is 16.9 Å². The number of rotatable bonds is 5. The number of amides is 1. The molecule has 0 spiro atoms. The largest absolute Gasteiger partial charge is 0.492 e.